The van der Waals surface area contributed by atoms with Crippen LogP contribution in [0.1, 0.15) is 5.56 Å². The van der Waals surface area contributed by atoms with Gasteiger partial charge in [-0.25, -0.2) is 0 Å². The molecular formula is C9H11N3S. The highest BCUT2D eigenvalue weighted by atomic mass is 32.1. The Kier molecular flexibility index (Phi) is 1.84. The zero-order valence-corrected chi connectivity index (χ0v) is 8.43. The van der Waals surface area contributed by atoms with E-state index in [0.717, 1.165) is 16.3 Å². The van der Waals surface area contributed by atoms with Crippen LogP contribution in [0.3, 0.4) is 0 Å². The van der Waals surface area contributed by atoms with Gasteiger partial charge in [-0.15, -0.1) is 11.3 Å². The number of nitrogens with zero attached hydrogens (tertiary/aromatic N) is 2. The largest absolute Gasteiger partial charge is 0.396 e. The molecule has 0 saturated carbocycles. The SMILES string of the molecule is Cc1ccsc1-c1nn(C)cc1N. The lowest BCUT2D eigenvalue weighted by molar-refractivity contribution is 0.771. The smallest absolute Gasteiger partial charge is 0.125 e. The highest BCUT2D eigenvalue weighted by molar-refractivity contribution is 7.13. The lowest BCUT2D eigenvalue weighted by Crippen LogP contribution is -1.87. The topological polar surface area (TPSA) is 43.8 Å². The van der Waals surface area contributed by atoms with E-state index in [1.54, 1.807) is 16.0 Å². The van der Waals surface area contributed by atoms with Gasteiger partial charge in [0.1, 0.15) is 5.69 Å². The van der Waals surface area contributed by atoms with Gasteiger partial charge >= 0.3 is 0 Å². The minimum atomic E-state index is 0.744. The highest BCUT2D eigenvalue weighted by Gasteiger charge is 2.10. The number of thiophene rings is 1. The maximum atomic E-state index is 5.82. The van der Waals surface area contributed by atoms with Crippen LogP contribution in [0.5, 0.6) is 0 Å². The molecule has 4 heteroatoms. The van der Waals surface area contributed by atoms with E-state index in [9.17, 15) is 0 Å². The lowest BCUT2D eigenvalue weighted by atomic mass is 10.2. The van der Waals surface area contributed by atoms with Gasteiger partial charge in [0.25, 0.3) is 0 Å². The summed E-state index contributed by atoms with van der Waals surface area (Å²) in [7, 11) is 1.88. The number of hydrogen-bond donors (Lipinski definition) is 1. The average molecular weight is 193 g/mol. The normalized spacial score (nSPS) is 10.6. The molecule has 13 heavy (non-hydrogen) atoms. The van der Waals surface area contributed by atoms with Crippen molar-refractivity contribution < 1.29 is 0 Å². The Bertz CT molecular complexity index is 428. The quantitative estimate of drug-likeness (QED) is 0.753. The van der Waals surface area contributed by atoms with Gasteiger partial charge in [-0.2, -0.15) is 5.10 Å². The van der Waals surface area contributed by atoms with Crippen molar-refractivity contribution in [2.45, 2.75) is 6.92 Å². The van der Waals surface area contributed by atoms with Gasteiger partial charge in [0.2, 0.25) is 0 Å². The molecule has 0 amide bonds. The van der Waals surface area contributed by atoms with Gasteiger partial charge in [0.15, 0.2) is 0 Å². The number of aromatic nitrogens is 2. The van der Waals surface area contributed by atoms with E-state index in [0.29, 0.717) is 0 Å². The zero-order valence-electron chi connectivity index (χ0n) is 7.61. The summed E-state index contributed by atoms with van der Waals surface area (Å²) >= 11 is 1.67. The Morgan fingerprint density at radius 2 is 2.31 bits per heavy atom. The van der Waals surface area contributed by atoms with Crippen molar-refractivity contribution in [3.63, 3.8) is 0 Å². The summed E-state index contributed by atoms with van der Waals surface area (Å²) in [5.74, 6) is 0. The molecule has 0 atom stereocenters. The van der Waals surface area contributed by atoms with Gasteiger partial charge in [-0.1, -0.05) is 0 Å². The van der Waals surface area contributed by atoms with Crippen molar-refractivity contribution >= 4 is 17.0 Å². The summed E-state index contributed by atoms with van der Waals surface area (Å²) in [6.07, 6.45) is 1.83. The molecular weight excluding hydrogens is 182 g/mol. The van der Waals surface area contributed by atoms with Crippen LogP contribution >= 0.6 is 11.3 Å². The minimum Gasteiger partial charge on any atom is -0.396 e. The van der Waals surface area contributed by atoms with E-state index < -0.39 is 0 Å². The van der Waals surface area contributed by atoms with E-state index >= 15 is 0 Å². The Balaban J connectivity index is 2.58. The van der Waals surface area contributed by atoms with Crippen LogP contribution < -0.4 is 5.73 Å². The Labute approximate surface area is 80.8 Å². The molecule has 0 aliphatic heterocycles. The van der Waals surface area contributed by atoms with Crippen molar-refractivity contribution in [2.75, 3.05) is 5.73 Å². The summed E-state index contributed by atoms with van der Waals surface area (Å²) in [4.78, 5) is 1.16. The number of rotatable bonds is 1. The van der Waals surface area contributed by atoms with Gasteiger partial charge in [-0.05, 0) is 23.9 Å². The van der Waals surface area contributed by atoms with Crippen molar-refractivity contribution in [3.8, 4) is 10.6 Å². The van der Waals surface area contributed by atoms with Crippen molar-refractivity contribution in [1.29, 1.82) is 0 Å². The lowest BCUT2D eigenvalue weighted by Gasteiger charge is -1.94. The average Bonchev–Trinajstić information content (AvgIpc) is 2.58. The maximum Gasteiger partial charge on any atom is 0.125 e. The molecule has 68 valence electrons. The number of aryl methyl sites for hydroxylation is 2. The molecule has 0 radical (unpaired) electrons. The first kappa shape index (κ1) is 8.31. The van der Waals surface area contributed by atoms with E-state index in [1.807, 2.05) is 13.2 Å². The summed E-state index contributed by atoms with van der Waals surface area (Å²) in [5, 5.41) is 6.37. The van der Waals surface area contributed by atoms with Crippen LogP contribution in [-0.4, -0.2) is 9.78 Å². The van der Waals surface area contributed by atoms with E-state index in [4.69, 9.17) is 5.73 Å². The van der Waals surface area contributed by atoms with Crippen LogP contribution in [0, 0.1) is 6.92 Å². The maximum absolute atomic E-state index is 5.82. The molecule has 0 fully saturated rings. The molecule has 2 aromatic heterocycles. The second kappa shape index (κ2) is 2.88. The van der Waals surface area contributed by atoms with Gasteiger partial charge in [-0.3, -0.25) is 4.68 Å². The molecule has 0 saturated heterocycles. The van der Waals surface area contributed by atoms with Crippen LogP contribution in [0.15, 0.2) is 17.6 Å². The molecule has 2 heterocycles. The fourth-order valence-electron chi connectivity index (χ4n) is 1.30. The molecule has 3 nitrogen and oxygen atoms in total. The number of nitrogens with two attached hydrogens (primary N) is 1. The molecule has 2 rings (SSSR count). The third-order valence-electron chi connectivity index (χ3n) is 1.93. The molecule has 0 aliphatic carbocycles. The highest BCUT2D eigenvalue weighted by Crippen LogP contribution is 2.31. The second-order valence-electron chi connectivity index (χ2n) is 3.04. The molecule has 0 bridgehead atoms. The first-order chi connectivity index (χ1) is 6.18. The van der Waals surface area contributed by atoms with Crippen LogP contribution in [0.2, 0.25) is 0 Å². The molecule has 2 N–H and O–H groups in total. The predicted octanol–water partition coefficient (Wildman–Crippen LogP) is 2.04. The first-order valence-corrected chi connectivity index (χ1v) is 4.90. The van der Waals surface area contributed by atoms with Gasteiger partial charge in [0, 0.05) is 13.2 Å². The summed E-state index contributed by atoms with van der Waals surface area (Å²) in [6.45, 7) is 2.07. The van der Waals surface area contributed by atoms with E-state index in [1.165, 1.54) is 5.56 Å². The van der Waals surface area contributed by atoms with Gasteiger partial charge in [0.05, 0.1) is 10.6 Å². The fourth-order valence-corrected chi connectivity index (χ4v) is 2.23. The van der Waals surface area contributed by atoms with Crippen molar-refractivity contribution in [3.05, 3.63) is 23.2 Å². The monoisotopic (exact) mass is 193 g/mol. The van der Waals surface area contributed by atoms with E-state index in [2.05, 4.69) is 23.5 Å². The third kappa shape index (κ3) is 1.33. The predicted molar refractivity (Wildman–Crippen MR) is 55.7 cm³/mol. The van der Waals surface area contributed by atoms with Crippen LogP contribution in [-0.2, 0) is 7.05 Å². The Morgan fingerprint density at radius 3 is 2.77 bits per heavy atom. The first-order valence-electron chi connectivity index (χ1n) is 4.02. The Hall–Kier alpha value is -1.29. The van der Waals surface area contributed by atoms with E-state index in [-0.39, 0.29) is 0 Å². The summed E-state index contributed by atoms with van der Waals surface area (Å²) in [5.41, 5.74) is 8.70. The standard InChI is InChI=1S/C9H11N3S/c1-6-3-4-13-9(6)8-7(10)5-12(2)11-8/h3-5H,10H2,1-2H3. The van der Waals surface area contributed by atoms with Crippen LogP contribution in [0.4, 0.5) is 5.69 Å². The van der Waals surface area contributed by atoms with Gasteiger partial charge < -0.3 is 5.73 Å². The number of hydrogen-bond acceptors (Lipinski definition) is 3. The van der Waals surface area contributed by atoms with Crippen molar-refractivity contribution in [1.82, 2.24) is 9.78 Å². The fraction of sp³-hybridized carbons (Fsp3) is 0.222. The zero-order chi connectivity index (χ0) is 9.42. The minimum absolute atomic E-state index is 0.744. The molecule has 0 aromatic carbocycles. The molecule has 0 spiro atoms. The Morgan fingerprint density at radius 1 is 1.54 bits per heavy atom. The summed E-state index contributed by atoms with van der Waals surface area (Å²) in [6, 6.07) is 2.08. The van der Waals surface area contributed by atoms with Crippen molar-refractivity contribution in [2.24, 2.45) is 7.05 Å². The molecule has 0 unspecified atom stereocenters. The number of anilines is 1. The molecule has 2 aromatic rings. The summed E-state index contributed by atoms with van der Waals surface area (Å²) < 4.78 is 1.74. The third-order valence-corrected chi connectivity index (χ3v) is 2.96. The second-order valence-corrected chi connectivity index (χ2v) is 3.96. The van der Waals surface area contributed by atoms with Crippen LogP contribution in [0.25, 0.3) is 10.6 Å². The number of nitrogen functional groups attached to an aromatic ring is 1. The molecule has 0 aliphatic rings.